The Morgan fingerprint density at radius 2 is 2.18 bits per heavy atom. The second-order valence-corrected chi connectivity index (χ2v) is 5.07. The molecule has 0 amide bonds. The topological polar surface area (TPSA) is 38.1 Å². The maximum Gasteiger partial charge on any atom is 0.117 e. The average Bonchev–Trinajstić information content (AvgIpc) is 2.93. The molecule has 2 rings (SSSR count). The summed E-state index contributed by atoms with van der Waals surface area (Å²) in [5.41, 5.74) is 1.17. The van der Waals surface area contributed by atoms with E-state index in [0.717, 1.165) is 42.5 Å². The van der Waals surface area contributed by atoms with Crippen LogP contribution in [-0.2, 0) is 19.4 Å². The van der Waals surface area contributed by atoms with Gasteiger partial charge in [0, 0.05) is 24.8 Å². The van der Waals surface area contributed by atoms with Crippen molar-refractivity contribution in [3.8, 4) is 0 Å². The van der Waals surface area contributed by atoms with E-state index in [1.165, 1.54) is 5.69 Å². The first-order chi connectivity index (χ1) is 8.28. The van der Waals surface area contributed by atoms with E-state index in [1.807, 2.05) is 19.1 Å². The Labute approximate surface area is 106 Å². The second kappa shape index (κ2) is 5.98. The van der Waals surface area contributed by atoms with Crippen LogP contribution in [0.1, 0.15) is 29.1 Å². The second-order valence-electron chi connectivity index (χ2n) is 4.01. The number of aryl methyl sites for hydroxylation is 2. The number of hydrogen-bond donors (Lipinski definition) is 1. The fourth-order valence-corrected chi connectivity index (χ4v) is 2.31. The molecule has 2 aromatic rings. The van der Waals surface area contributed by atoms with E-state index in [2.05, 4.69) is 22.6 Å². The van der Waals surface area contributed by atoms with Gasteiger partial charge in [0.05, 0.1) is 17.2 Å². The smallest absolute Gasteiger partial charge is 0.117 e. The summed E-state index contributed by atoms with van der Waals surface area (Å²) < 4.78 is 5.61. The first kappa shape index (κ1) is 12.3. The molecule has 0 bridgehead atoms. The van der Waals surface area contributed by atoms with Gasteiger partial charge in [-0.3, -0.25) is 0 Å². The Morgan fingerprint density at radius 1 is 1.35 bits per heavy atom. The van der Waals surface area contributed by atoms with Crippen molar-refractivity contribution in [2.24, 2.45) is 0 Å². The number of nitrogens with one attached hydrogen (secondary N) is 1. The lowest BCUT2D eigenvalue weighted by Gasteiger charge is -2.00. The zero-order valence-electron chi connectivity index (χ0n) is 10.3. The lowest BCUT2D eigenvalue weighted by molar-refractivity contribution is 0.451. The van der Waals surface area contributed by atoms with Crippen molar-refractivity contribution >= 4 is 11.3 Å². The monoisotopic (exact) mass is 250 g/mol. The van der Waals surface area contributed by atoms with Crippen LogP contribution in [0.3, 0.4) is 0 Å². The van der Waals surface area contributed by atoms with E-state index in [1.54, 1.807) is 11.3 Å². The summed E-state index contributed by atoms with van der Waals surface area (Å²) in [4.78, 5) is 4.43. The van der Waals surface area contributed by atoms with E-state index < -0.39 is 0 Å². The normalized spacial score (nSPS) is 10.9. The van der Waals surface area contributed by atoms with Crippen LogP contribution in [0.2, 0.25) is 0 Å². The number of rotatable bonds is 6. The number of nitrogens with zero attached hydrogens (tertiary/aromatic N) is 1. The summed E-state index contributed by atoms with van der Waals surface area (Å²) in [6.07, 6.45) is 1.93. The lowest BCUT2D eigenvalue weighted by Crippen LogP contribution is -2.16. The number of furan rings is 1. The third kappa shape index (κ3) is 3.68. The predicted octanol–water partition coefficient (Wildman–Crippen LogP) is 2.94. The Bertz CT molecular complexity index is 461. The first-order valence-corrected chi connectivity index (χ1v) is 6.85. The third-order valence-electron chi connectivity index (χ3n) is 2.59. The van der Waals surface area contributed by atoms with Gasteiger partial charge in [-0.15, -0.1) is 11.3 Å². The number of hydrogen-bond acceptors (Lipinski definition) is 4. The fraction of sp³-hybridized carbons (Fsp3) is 0.462. The molecule has 0 spiro atoms. The minimum Gasteiger partial charge on any atom is -0.465 e. The highest BCUT2D eigenvalue weighted by Crippen LogP contribution is 2.09. The van der Waals surface area contributed by atoms with Crippen LogP contribution in [0.25, 0.3) is 0 Å². The standard InChI is InChI=1S/C13H18N2OS/c1-3-12-4-5-13(16-12)8-14-7-6-11-9-17-10(2)15-11/h4-5,9,14H,3,6-8H2,1-2H3. The van der Waals surface area contributed by atoms with Gasteiger partial charge < -0.3 is 9.73 Å². The summed E-state index contributed by atoms with van der Waals surface area (Å²) in [5.74, 6) is 2.06. The zero-order valence-corrected chi connectivity index (χ0v) is 11.1. The van der Waals surface area contributed by atoms with Crippen molar-refractivity contribution in [2.75, 3.05) is 6.54 Å². The van der Waals surface area contributed by atoms with Gasteiger partial charge in [0.1, 0.15) is 11.5 Å². The van der Waals surface area contributed by atoms with E-state index in [4.69, 9.17) is 4.42 Å². The average molecular weight is 250 g/mol. The Morgan fingerprint density at radius 3 is 2.82 bits per heavy atom. The Hall–Kier alpha value is -1.13. The molecule has 0 aliphatic rings. The van der Waals surface area contributed by atoms with E-state index in [9.17, 15) is 0 Å². The first-order valence-electron chi connectivity index (χ1n) is 5.97. The molecule has 2 aromatic heterocycles. The summed E-state index contributed by atoms with van der Waals surface area (Å²) in [6, 6.07) is 4.08. The summed E-state index contributed by atoms with van der Waals surface area (Å²) in [6.45, 7) is 5.87. The Kier molecular flexibility index (Phi) is 4.34. The minimum atomic E-state index is 0.795. The molecule has 0 fully saturated rings. The quantitative estimate of drug-likeness (QED) is 0.801. The molecule has 17 heavy (non-hydrogen) atoms. The molecule has 0 radical (unpaired) electrons. The maximum atomic E-state index is 5.61. The third-order valence-corrected chi connectivity index (χ3v) is 3.41. The highest BCUT2D eigenvalue weighted by atomic mass is 32.1. The Balaban J connectivity index is 1.69. The number of thiazole rings is 1. The molecular weight excluding hydrogens is 232 g/mol. The molecule has 0 aromatic carbocycles. The van der Waals surface area contributed by atoms with Crippen LogP contribution in [0, 0.1) is 6.92 Å². The molecule has 0 saturated carbocycles. The SMILES string of the molecule is CCc1ccc(CNCCc2csc(C)n2)o1. The summed E-state index contributed by atoms with van der Waals surface area (Å²) >= 11 is 1.71. The fourth-order valence-electron chi connectivity index (χ4n) is 1.66. The molecule has 0 unspecified atom stereocenters. The predicted molar refractivity (Wildman–Crippen MR) is 70.3 cm³/mol. The molecule has 4 heteroatoms. The lowest BCUT2D eigenvalue weighted by atomic mass is 10.3. The van der Waals surface area contributed by atoms with E-state index >= 15 is 0 Å². The van der Waals surface area contributed by atoms with Gasteiger partial charge in [-0.05, 0) is 19.1 Å². The van der Waals surface area contributed by atoms with E-state index in [-0.39, 0.29) is 0 Å². The van der Waals surface area contributed by atoms with Crippen LogP contribution < -0.4 is 5.32 Å². The molecule has 2 heterocycles. The minimum absolute atomic E-state index is 0.795. The van der Waals surface area contributed by atoms with Crippen LogP contribution in [0.5, 0.6) is 0 Å². The van der Waals surface area contributed by atoms with Crippen LogP contribution >= 0.6 is 11.3 Å². The molecule has 0 aliphatic carbocycles. The molecule has 0 saturated heterocycles. The zero-order chi connectivity index (χ0) is 12.1. The van der Waals surface area contributed by atoms with Gasteiger partial charge in [-0.25, -0.2) is 4.98 Å². The van der Waals surface area contributed by atoms with Crippen molar-refractivity contribution in [3.05, 3.63) is 39.7 Å². The largest absolute Gasteiger partial charge is 0.465 e. The molecule has 0 aliphatic heterocycles. The van der Waals surface area contributed by atoms with Crippen molar-refractivity contribution in [2.45, 2.75) is 33.2 Å². The van der Waals surface area contributed by atoms with Gasteiger partial charge in [0.2, 0.25) is 0 Å². The van der Waals surface area contributed by atoms with Crippen LogP contribution in [-0.4, -0.2) is 11.5 Å². The highest BCUT2D eigenvalue weighted by Gasteiger charge is 2.01. The molecule has 92 valence electrons. The van der Waals surface area contributed by atoms with Gasteiger partial charge in [0.25, 0.3) is 0 Å². The van der Waals surface area contributed by atoms with Crippen molar-refractivity contribution < 1.29 is 4.42 Å². The van der Waals surface area contributed by atoms with Gasteiger partial charge in [0.15, 0.2) is 0 Å². The molecule has 1 N–H and O–H groups in total. The van der Waals surface area contributed by atoms with E-state index in [0.29, 0.717) is 0 Å². The van der Waals surface area contributed by atoms with Crippen molar-refractivity contribution in [3.63, 3.8) is 0 Å². The van der Waals surface area contributed by atoms with Crippen LogP contribution in [0.4, 0.5) is 0 Å². The number of aromatic nitrogens is 1. The maximum absolute atomic E-state index is 5.61. The van der Waals surface area contributed by atoms with Crippen molar-refractivity contribution in [1.29, 1.82) is 0 Å². The van der Waals surface area contributed by atoms with Gasteiger partial charge in [-0.1, -0.05) is 6.92 Å². The molecular formula is C13H18N2OS. The van der Waals surface area contributed by atoms with Crippen LogP contribution in [0.15, 0.2) is 21.9 Å². The molecule has 0 atom stereocenters. The summed E-state index contributed by atoms with van der Waals surface area (Å²) in [5, 5.41) is 6.63. The molecule has 3 nitrogen and oxygen atoms in total. The van der Waals surface area contributed by atoms with Gasteiger partial charge in [-0.2, -0.15) is 0 Å². The van der Waals surface area contributed by atoms with Crippen molar-refractivity contribution in [1.82, 2.24) is 10.3 Å². The summed E-state index contributed by atoms with van der Waals surface area (Å²) in [7, 11) is 0. The van der Waals surface area contributed by atoms with Gasteiger partial charge >= 0.3 is 0 Å². The highest BCUT2D eigenvalue weighted by molar-refractivity contribution is 7.09.